The summed E-state index contributed by atoms with van der Waals surface area (Å²) in [6, 6.07) is 14.6. The van der Waals surface area contributed by atoms with Crippen molar-refractivity contribution in [3.05, 3.63) is 108 Å². The predicted octanol–water partition coefficient (Wildman–Crippen LogP) is 7.77. The average molecular weight is 734 g/mol. The second kappa shape index (κ2) is 19.5. The summed E-state index contributed by atoms with van der Waals surface area (Å²) in [5, 5.41) is 23.4. The second-order valence-corrected chi connectivity index (χ2v) is 13.2. The maximum absolute atomic E-state index is 12.2. The summed E-state index contributed by atoms with van der Waals surface area (Å²) < 4.78 is 3.40. The number of aryl methyl sites for hydroxylation is 4. The van der Waals surface area contributed by atoms with Crippen molar-refractivity contribution < 1.29 is 14.7 Å². The van der Waals surface area contributed by atoms with Gasteiger partial charge in [-0.05, 0) is 49.1 Å². The minimum atomic E-state index is -0.949. The topological polar surface area (TPSA) is 192 Å². The molecule has 5 N–H and O–H groups in total. The number of carboxylic acids is 1. The number of anilines is 4. The minimum absolute atomic E-state index is 0. The van der Waals surface area contributed by atoms with E-state index >= 15 is 0 Å². The summed E-state index contributed by atoms with van der Waals surface area (Å²) >= 11 is 0. The predicted molar refractivity (Wildman–Crippen MR) is 214 cm³/mol. The summed E-state index contributed by atoms with van der Waals surface area (Å²) in [5.41, 5.74) is 13.0. The smallest absolute Gasteiger partial charge is 0.335 e. The number of hydrogen-bond donors (Lipinski definition) is 4. The molecule has 0 atom stereocenters. The first-order chi connectivity index (χ1) is 25.2. The number of ketones is 1. The largest absolute Gasteiger partial charge is 0.478 e. The van der Waals surface area contributed by atoms with Crippen LogP contribution in [0.15, 0.2) is 85.7 Å². The number of Topliss-reactive ketones (excluding diaryl/α,β-unsaturated/α-hetero) is 1. The van der Waals surface area contributed by atoms with Gasteiger partial charge in [-0.3, -0.25) is 14.2 Å². The first-order valence-corrected chi connectivity index (χ1v) is 17.1. The number of rotatable bonds is 10. The van der Waals surface area contributed by atoms with Crippen molar-refractivity contribution in [2.45, 2.75) is 61.4 Å². The molecule has 4 aromatic heterocycles. The first kappa shape index (κ1) is 42.1. The molecule has 0 radical (unpaired) electrons. The van der Waals surface area contributed by atoms with E-state index in [1.807, 2.05) is 92.3 Å². The van der Waals surface area contributed by atoms with Crippen LogP contribution in [0, 0.1) is 19.8 Å². The maximum atomic E-state index is 12.2. The van der Waals surface area contributed by atoms with E-state index in [1.165, 1.54) is 0 Å². The zero-order valence-electron chi connectivity index (χ0n) is 31.4. The monoisotopic (exact) mass is 733 g/mol. The van der Waals surface area contributed by atoms with Crippen LogP contribution in [0.1, 0.15) is 73.4 Å². The highest BCUT2D eigenvalue weighted by Gasteiger charge is 2.12. The Kier molecular flexibility index (Phi) is 15.2. The Bertz CT molecular complexity index is 2120. The lowest BCUT2D eigenvalue weighted by Gasteiger charge is -2.09. The summed E-state index contributed by atoms with van der Waals surface area (Å²) in [6.07, 6.45) is 11.2. The number of aromatic nitrogens is 8. The molecule has 4 heterocycles. The van der Waals surface area contributed by atoms with Gasteiger partial charge in [-0.2, -0.15) is 10.2 Å². The van der Waals surface area contributed by atoms with Gasteiger partial charge in [0.2, 0.25) is 11.9 Å². The number of aromatic carboxylic acids is 1. The lowest BCUT2D eigenvalue weighted by molar-refractivity contribution is 0.0696. The van der Waals surface area contributed by atoms with Crippen molar-refractivity contribution in [2.75, 3.05) is 10.6 Å². The number of carbonyl (C=O) groups excluding carboxylic acids is 1. The van der Waals surface area contributed by atoms with Crippen molar-refractivity contribution in [2.24, 2.45) is 25.7 Å². The molecule has 6 rings (SSSR count). The van der Waals surface area contributed by atoms with Gasteiger partial charge in [0.15, 0.2) is 5.78 Å². The lowest BCUT2D eigenvalue weighted by atomic mass is 9.99. The Hall–Kier alpha value is -6.28. The molecule has 0 fully saturated rings. The number of nitrogens with one attached hydrogen (secondary N) is 2. The van der Waals surface area contributed by atoms with Crippen LogP contribution in [0.4, 0.5) is 23.3 Å². The third-order valence-corrected chi connectivity index (χ3v) is 7.34. The van der Waals surface area contributed by atoms with Crippen LogP contribution in [-0.2, 0) is 14.1 Å². The van der Waals surface area contributed by atoms with Gasteiger partial charge in [-0.1, -0.05) is 71.5 Å². The molecule has 0 unspecified atom stereocenters. The van der Waals surface area contributed by atoms with E-state index in [2.05, 4.69) is 40.8 Å². The van der Waals surface area contributed by atoms with E-state index in [0.29, 0.717) is 30.3 Å². The fraction of sp³-hybridized carbons (Fsp3) is 0.300. The zero-order chi connectivity index (χ0) is 38.7. The van der Waals surface area contributed by atoms with E-state index in [1.54, 1.807) is 58.4 Å². The molecule has 0 spiro atoms. The molecule has 284 valence electrons. The molecule has 0 aliphatic carbocycles. The minimum Gasteiger partial charge on any atom is -0.478 e. The van der Waals surface area contributed by atoms with Gasteiger partial charge in [0, 0.05) is 62.0 Å². The SMILES string of the molecule is C.CC(C)N.Cc1cnc(Nc2cnn(C)c2)nc1-c1ccc(C(=O)CC(C)C)cc1.Cc1cnc(Nc2cnn(C)c2)nc1-c1ccc(C(=O)O)cc1. The number of carboxylic acid groups (broad SMARTS) is 1. The molecular weight excluding hydrogens is 683 g/mol. The number of nitrogens with zero attached hydrogens (tertiary/aromatic N) is 8. The van der Waals surface area contributed by atoms with Crippen LogP contribution in [-0.4, -0.2) is 62.4 Å². The highest BCUT2D eigenvalue weighted by molar-refractivity contribution is 5.96. The zero-order valence-corrected chi connectivity index (χ0v) is 31.4. The Morgan fingerprint density at radius 1 is 0.704 bits per heavy atom. The van der Waals surface area contributed by atoms with E-state index in [9.17, 15) is 9.59 Å². The normalized spacial score (nSPS) is 10.4. The number of nitrogens with two attached hydrogens (primary N) is 1. The van der Waals surface area contributed by atoms with E-state index in [4.69, 9.17) is 10.8 Å². The standard InChI is InChI=1S/C20H23N5O.C16H15N5O2.C3H9N.CH4/c1-13(2)9-18(26)15-5-7-16(8-6-15)19-14(3)10-21-20(24-19)23-17-11-22-25(4)12-17;1-10-7-17-16(19-13-8-18-21(2)9-13)20-14(10)11-3-5-12(6-4-11)15(22)23;1-3(2)4;/h5-8,10-13H,9H2,1-4H3,(H,21,23,24);3-9H,1-2H3,(H,22,23)(H,17,19,20);3H,4H2,1-2H3;1H4. The van der Waals surface area contributed by atoms with Crippen molar-refractivity contribution in [3.63, 3.8) is 0 Å². The number of benzene rings is 2. The van der Waals surface area contributed by atoms with Crippen LogP contribution in [0.3, 0.4) is 0 Å². The highest BCUT2D eigenvalue weighted by Crippen LogP contribution is 2.25. The molecule has 14 heteroatoms. The third kappa shape index (κ3) is 12.4. The van der Waals surface area contributed by atoms with Gasteiger partial charge in [0.05, 0.1) is 40.7 Å². The van der Waals surface area contributed by atoms with Gasteiger partial charge in [-0.25, -0.2) is 24.7 Å². The Morgan fingerprint density at radius 2 is 1.09 bits per heavy atom. The molecule has 0 aliphatic rings. The Balaban J connectivity index is 0.000000261. The van der Waals surface area contributed by atoms with Gasteiger partial charge in [0.25, 0.3) is 0 Å². The molecule has 54 heavy (non-hydrogen) atoms. The summed E-state index contributed by atoms with van der Waals surface area (Å²) in [5.74, 6) is 0.548. The fourth-order valence-electron chi connectivity index (χ4n) is 4.89. The number of carbonyl (C=O) groups is 2. The molecule has 2 aromatic carbocycles. The fourth-order valence-corrected chi connectivity index (χ4v) is 4.89. The molecule has 0 saturated heterocycles. The van der Waals surface area contributed by atoms with Gasteiger partial charge < -0.3 is 21.5 Å². The van der Waals surface area contributed by atoms with Crippen molar-refractivity contribution in [3.8, 4) is 22.5 Å². The molecule has 0 aliphatic heterocycles. The molecule has 0 saturated carbocycles. The number of hydrogen-bond acceptors (Lipinski definition) is 11. The summed E-state index contributed by atoms with van der Waals surface area (Å²) in [6.45, 7) is 11.9. The quantitative estimate of drug-likeness (QED) is 0.100. The van der Waals surface area contributed by atoms with Gasteiger partial charge in [0.1, 0.15) is 0 Å². The van der Waals surface area contributed by atoms with E-state index in [-0.39, 0.29) is 18.8 Å². The highest BCUT2D eigenvalue weighted by atomic mass is 16.4. The van der Waals surface area contributed by atoms with Crippen molar-refractivity contribution in [1.82, 2.24) is 39.5 Å². The summed E-state index contributed by atoms with van der Waals surface area (Å²) in [7, 11) is 3.69. The maximum Gasteiger partial charge on any atom is 0.335 e. The average Bonchev–Trinajstić information content (AvgIpc) is 3.72. The molecular formula is C40H51N11O3. The Morgan fingerprint density at radius 3 is 1.43 bits per heavy atom. The molecule has 0 bridgehead atoms. The molecule has 0 amide bonds. The lowest BCUT2D eigenvalue weighted by Crippen LogP contribution is -2.06. The van der Waals surface area contributed by atoms with Crippen molar-refractivity contribution >= 4 is 35.0 Å². The van der Waals surface area contributed by atoms with Crippen molar-refractivity contribution in [1.29, 1.82) is 0 Å². The molecule has 6 aromatic rings. The van der Waals surface area contributed by atoms with Crippen LogP contribution in [0.5, 0.6) is 0 Å². The third-order valence-electron chi connectivity index (χ3n) is 7.34. The van der Waals surface area contributed by atoms with Crippen LogP contribution >= 0.6 is 0 Å². The molecule has 14 nitrogen and oxygen atoms in total. The Labute approximate surface area is 316 Å². The summed E-state index contributed by atoms with van der Waals surface area (Å²) in [4.78, 5) is 40.9. The van der Waals surface area contributed by atoms with Gasteiger partial charge >= 0.3 is 5.97 Å². The van der Waals surface area contributed by atoms with Gasteiger partial charge in [-0.15, -0.1) is 0 Å². The van der Waals surface area contributed by atoms with Crippen LogP contribution in [0.2, 0.25) is 0 Å². The first-order valence-electron chi connectivity index (χ1n) is 17.1. The van der Waals surface area contributed by atoms with E-state index < -0.39 is 5.97 Å². The second-order valence-electron chi connectivity index (χ2n) is 13.2. The van der Waals surface area contributed by atoms with Crippen LogP contribution in [0.25, 0.3) is 22.5 Å². The van der Waals surface area contributed by atoms with Crippen LogP contribution < -0.4 is 16.4 Å². The van der Waals surface area contributed by atoms with E-state index in [0.717, 1.165) is 50.6 Å².